The number of aromatic carboxylic acids is 1. The Labute approximate surface area is 223 Å². The molecule has 13 nitrogen and oxygen atoms in total. The Morgan fingerprint density at radius 1 is 0.750 bits per heavy atom. The SMILES string of the molecule is O=C(O)c1ccc([N+](=O)[O-])c([N+](=O)[O-])c1.O=C1OC2(c3ccc(O)cc3Oc3cc(O)ccc32)c2ccccc21. The fourth-order valence-electron chi connectivity index (χ4n) is 4.61. The molecule has 1 spiro atoms. The monoisotopic (exact) mass is 544 g/mol. The van der Waals surface area contributed by atoms with Crippen LogP contribution < -0.4 is 4.74 Å². The quantitative estimate of drug-likeness (QED) is 0.181. The van der Waals surface area contributed by atoms with E-state index in [4.69, 9.17) is 14.6 Å². The van der Waals surface area contributed by atoms with Gasteiger partial charge in [-0.15, -0.1) is 0 Å². The van der Waals surface area contributed by atoms with Gasteiger partial charge < -0.3 is 24.8 Å². The maximum Gasteiger partial charge on any atom is 0.346 e. The van der Waals surface area contributed by atoms with E-state index in [9.17, 15) is 40.0 Å². The van der Waals surface area contributed by atoms with Gasteiger partial charge in [0.15, 0.2) is 5.60 Å². The van der Waals surface area contributed by atoms with Crippen molar-refractivity contribution >= 4 is 23.3 Å². The molecule has 3 N–H and O–H groups in total. The van der Waals surface area contributed by atoms with Crippen LogP contribution in [0.5, 0.6) is 23.0 Å². The predicted molar refractivity (Wildman–Crippen MR) is 135 cm³/mol. The summed E-state index contributed by atoms with van der Waals surface area (Å²) in [6.45, 7) is 0. The number of rotatable bonds is 3. The summed E-state index contributed by atoms with van der Waals surface area (Å²) in [4.78, 5) is 41.8. The van der Waals surface area contributed by atoms with Crippen molar-refractivity contribution in [1.29, 1.82) is 0 Å². The summed E-state index contributed by atoms with van der Waals surface area (Å²) >= 11 is 0. The first kappa shape index (κ1) is 25.7. The molecule has 4 aromatic carbocycles. The molecule has 40 heavy (non-hydrogen) atoms. The highest BCUT2D eigenvalue weighted by atomic mass is 16.6. The second-order valence-electron chi connectivity index (χ2n) is 8.60. The lowest BCUT2D eigenvalue weighted by Gasteiger charge is -2.36. The molecule has 0 fully saturated rings. The number of nitro groups is 2. The number of aromatic hydroxyl groups is 2. The van der Waals surface area contributed by atoms with Crippen LogP contribution in [0, 0.1) is 20.2 Å². The van der Waals surface area contributed by atoms with Gasteiger partial charge in [0, 0.05) is 41.0 Å². The third-order valence-electron chi connectivity index (χ3n) is 6.30. The van der Waals surface area contributed by atoms with Crippen molar-refractivity contribution in [2.45, 2.75) is 5.60 Å². The Kier molecular flexibility index (Phi) is 6.03. The van der Waals surface area contributed by atoms with Crippen molar-refractivity contribution < 1.29 is 44.2 Å². The summed E-state index contributed by atoms with van der Waals surface area (Å²) in [7, 11) is 0. The van der Waals surface area contributed by atoms with Crippen LogP contribution in [0.25, 0.3) is 0 Å². The number of phenolic OH excluding ortho intramolecular Hbond substituents is 2. The Hall–Kier alpha value is -5.98. The van der Waals surface area contributed by atoms with Crippen molar-refractivity contribution in [3.8, 4) is 23.0 Å². The van der Waals surface area contributed by atoms with E-state index >= 15 is 0 Å². The number of carbonyl (C=O) groups excluding carboxylic acids is 1. The minimum absolute atomic E-state index is 0.0371. The number of benzene rings is 4. The lowest BCUT2D eigenvalue weighted by molar-refractivity contribution is -0.422. The lowest BCUT2D eigenvalue weighted by atomic mass is 9.77. The van der Waals surface area contributed by atoms with E-state index in [0.717, 1.165) is 12.1 Å². The first-order valence-corrected chi connectivity index (χ1v) is 11.4. The van der Waals surface area contributed by atoms with Crippen LogP contribution in [0.4, 0.5) is 11.4 Å². The number of fused-ring (bicyclic) bond motifs is 6. The van der Waals surface area contributed by atoms with Gasteiger partial charge in [-0.25, -0.2) is 9.59 Å². The summed E-state index contributed by atoms with van der Waals surface area (Å²) in [6, 6.07) is 19.0. The Morgan fingerprint density at radius 2 is 1.32 bits per heavy atom. The molecule has 0 saturated heterocycles. The molecule has 200 valence electrons. The number of nitro benzene ring substituents is 2. The highest BCUT2D eigenvalue weighted by Crippen LogP contribution is 2.56. The Balaban J connectivity index is 0.000000186. The summed E-state index contributed by atoms with van der Waals surface area (Å²) in [6.07, 6.45) is 0. The first-order valence-electron chi connectivity index (χ1n) is 11.4. The van der Waals surface area contributed by atoms with Crippen molar-refractivity contribution in [1.82, 2.24) is 0 Å². The molecule has 0 aromatic heterocycles. The van der Waals surface area contributed by atoms with Crippen LogP contribution in [0.15, 0.2) is 78.9 Å². The van der Waals surface area contributed by atoms with Gasteiger partial charge in [0.1, 0.15) is 23.0 Å². The predicted octanol–water partition coefficient (Wildman–Crippen LogP) is 4.87. The van der Waals surface area contributed by atoms with Gasteiger partial charge in [-0.05, 0) is 36.4 Å². The van der Waals surface area contributed by atoms with Crippen molar-refractivity contribution in [2.75, 3.05) is 0 Å². The maximum atomic E-state index is 12.5. The third kappa shape index (κ3) is 4.07. The zero-order chi connectivity index (χ0) is 28.8. The van der Waals surface area contributed by atoms with Gasteiger partial charge in [-0.3, -0.25) is 20.2 Å². The molecule has 0 bridgehead atoms. The maximum absolute atomic E-state index is 12.5. The standard InChI is InChI=1S/C20H12O5.C7H4N2O6/c21-11-5-7-15-17(9-11)24-18-10-12(22)6-8-16(18)20(15)14-4-2-1-3-13(14)19(23)25-20;10-7(11)4-1-2-5(8(12)13)6(3-4)9(14)15/h1-10,21-22H;1-3H,(H,10,11). The molecular weight excluding hydrogens is 528 g/mol. The van der Waals surface area contributed by atoms with Crippen molar-refractivity contribution in [2.24, 2.45) is 0 Å². The van der Waals surface area contributed by atoms with E-state index < -0.39 is 38.8 Å². The second kappa shape index (κ2) is 9.40. The number of carboxylic acids is 1. The molecule has 0 radical (unpaired) electrons. The molecule has 0 aliphatic carbocycles. The summed E-state index contributed by atoms with van der Waals surface area (Å²) < 4.78 is 11.8. The molecule has 2 heterocycles. The van der Waals surface area contributed by atoms with Crippen LogP contribution in [0.1, 0.15) is 37.4 Å². The zero-order valence-corrected chi connectivity index (χ0v) is 20.0. The van der Waals surface area contributed by atoms with Crippen molar-refractivity contribution in [3.05, 3.63) is 127 Å². The summed E-state index contributed by atoms with van der Waals surface area (Å²) in [5, 5.41) is 49.0. The molecule has 4 aromatic rings. The number of ether oxygens (including phenoxy) is 2. The number of esters is 1. The lowest BCUT2D eigenvalue weighted by Crippen LogP contribution is -2.32. The van der Waals surface area contributed by atoms with E-state index in [1.165, 1.54) is 24.3 Å². The van der Waals surface area contributed by atoms with Crippen LogP contribution in [-0.4, -0.2) is 37.1 Å². The van der Waals surface area contributed by atoms with E-state index in [1.807, 2.05) is 12.1 Å². The molecule has 6 rings (SSSR count). The van der Waals surface area contributed by atoms with Gasteiger partial charge in [-0.1, -0.05) is 18.2 Å². The molecule has 0 saturated carbocycles. The first-order chi connectivity index (χ1) is 19.0. The Bertz CT molecular complexity index is 1700. The van der Waals surface area contributed by atoms with Gasteiger partial charge in [0.25, 0.3) is 0 Å². The number of nitrogens with zero attached hydrogens (tertiary/aromatic N) is 2. The van der Waals surface area contributed by atoms with Gasteiger partial charge in [-0.2, -0.15) is 0 Å². The topological polar surface area (TPSA) is 200 Å². The highest BCUT2D eigenvalue weighted by molar-refractivity contribution is 5.97. The number of carbonyl (C=O) groups is 2. The number of hydrogen-bond acceptors (Lipinski definition) is 10. The van der Waals surface area contributed by atoms with E-state index in [-0.39, 0.29) is 17.1 Å². The third-order valence-corrected chi connectivity index (χ3v) is 6.30. The second-order valence-corrected chi connectivity index (χ2v) is 8.60. The fraction of sp³-hybridized carbons (Fsp3) is 0.0370. The molecule has 2 aliphatic heterocycles. The van der Waals surface area contributed by atoms with E-state index in [0.29, 0.717) is 39.8 Å². The molecular formula is C27H16N2O11. The Morgan fingerprint density at radius 3 is 1.88 bits per heavy atom. The van der Waals surface area contributed by atoms with Crippen molar-refractivity contribution in [3.63, 3.8) is 0 Å². The van der Waals surface area contributed by atoms with Crippen LogP contribution >= 0.6 is 0 Å². The van der Waals surface area contributed by atoms with E-state index in [2.05, 4.69) is 0 Å². The summed E-state index contributed by atoms with van der Waals surface area (Å²) in [5.41, 5.74) is -0.650. The minimum Gasteiger partial charge on any atom is -0.508 e. The largest absolute Gasteiger partial charge is 0.508 e. The zero-order valence-electron chi connectivity index (χ0n) is 20.0. The minimum atomic E-state index is -1.38. The van der Waals surface area contributed by atoms with Crippen LogP contribution in [0.2, 0.25) is 0 Å². The van der Waals surface area contributed by atoms with Gasteiger partial charge in [0.2, 0.25) is 0 Å². The van der Waals surface area contributed by atoms with E-state index in [1.54, 1.807) is 24.3 Å². The molecule has 2 aliphatic rings. The average Bonchev–Trinajstić information content (AvgIpc) is 3.21. The highest BCUT2D eigenvalue weighted by Gasteiger charge is 2.53. The smallest absolute Gasteiger partial charge is 0.346 e. The number of phenols is 2. The average molecular weight is 544 g/mol. The fourth-order valence-corrected chi connectivity index (χ4v) is 4.61. The number of carboxylic acid groups (broad SMARTS) is 1. The molecule has 0 unspecified atom stereocenters. The van der Waals surface area contributed by atoms with Gasteiger partial charge >= 0.3 is 23.3 Å². The number of hydrogen-bond donors (Lipinski definition) is 3. The summed E-state index contributed by atoms with van der Waals surface area (Å²) in [5.74, 6) is -0.973. The van der Waals surface area contributed by atoms with Crippen LogP contribution in [0.3, 0.4) is 0 Å². The van der Waals surface area contributed by atoms with Gasteiger partial charge in [0.05, 0.1) is 21.0 Å². The normalized spacial score (nSPS) is 13.4. The van der Waals surface area contributed by atoms with Crippen LogP contribution in [-0.2, 0) is 10.3 Å². The molecule has 13 heteroatoms. The molecule has 0 atom stereocenters. The molecule has 0 amide bonds.